The molecule has 1 aromatic rings. The number of hydrogen-bond donors (Lipinski definition) is 1. The largest absolute Gasteiger partial charge is 0.484 e. The maximum atomic E-state index is 12.3. The topological polar surface area (TPSA) is 49.8 Å². The van der Waals surface area contributed by atoms with Gasteiger partial charge in [0.1, 0.15) is 5.75 Å². The van der Waals surface area contributed by atoms with Crippen LogP contribution in [0.4, 0.5) is 13.2 Å². The third-order valence-electron chi connectivity index (χ3n) is 3.69. The number of nitrogens with zero attached hydrogens (tertiary/aromatic N) is 1. The van der Waals surface area contributed by atoms with Crippen LogP contribution in [-0.4, -0.2) is 41.8 Å². The van der Waals surface area contributed by atoms with Crippen molar-refractivity contribution in [3.05, 3.63) is 29.8 Å². The van der Waals surface area contributed by atoms with Gasteiger partial charge in [0.25, 0.3) is 0 Å². The lowest BCUT2D eigenvalue weighted by molar-refractivity contribution is -0.153. The van der Waals surface area contributed by atoms with Crippen LogP contribution in [-0.2, 0) is 11.3 Å². The SMILES string of the molecule is Cl.O=C(O)C1CCN(Cc2ccccc2OCC(F)(F)F)CC1. The Bertz CT molecular complexity index is 517. The average Bonchev–Trinajstić information content (AvgIpc) is 2.46. The second-order valence-electron chi connectivity index (χ2n) is 5.40. The van der Waals surface area contributed by atoms with Gasteiger partial charge in [-0.2, -0.15) is 13.2 Å². The number of halogens is 4. The van der Waals surface area contributed by atoms with E-state index in [4.69, 9.17) is 9.84 Å². The van der Waals surface area contributed by atoms with E-state index in [0.29, 0.717) is 38.0 Å². The second kappa shape index (κ2) is 8.40. The Morgan fingerprint density at radius 2 is 1.87 bits per heavy atom. The first kappa shape index (κ1) is 19.6. The highest BCUT2D eigenvalue weighted by Crippen LogP contribution is 2.25. The van der Waals surface area contributed by atoms with Gasteiger partial charge in [-0.1, -0.05) is 18.2 Å². The van der Waals surface area contributed by atoms with E-state index in [0.717, 1.165) is 0 Å². The molecular weight excluding hydrogens is 335 g/mol. The summed E-state index contributed by atoms with van der Waals surface area (Å²) in [6.45, 7) is 0.376. The molecule has 4 nitrogen and oxygen atoms in total. The number of carbonyl (C=O) groups is 1. The maximum Gasteiger partial charge on any atom is 0.422 e. The van der Waals surface area contributed by atoms with E-state index < -0.39 is 18.8 Å². The van der Waals surface area contributed by atoms with Crippen molar-refractivity contribution in [2.24, 2.45) is 5.92 Å². The minimum Gasteiger partial charge on any atom is -0.484 e. The van der Waals surface area contributed by atoms with Crippen LogP contribution in [0.25, 0.3) is 0 Å². The Kier molecular flexibility index (Phi) is 7.15. The molecule has 0 aromatic heterocycles. The molecule has 1 aliphatic rings. The van der Waals surface area contributed by atoms with Crippen LogP contribution in [0.1, 0.15) is 18.4 Å². The van der Waals surface area contributed by atoms with Crippen LogP contribution in [0.3, 0.4) is 0 Å². The molecule has 0 aliphatic carbocycles. The first-order valence-electron chi connectivity index (χ1n) is 7.08. The van der Waals surface area contributed by atoms with Gasteiger partial charge in [0.15, 0.2) is 6.61 Å². The number of hydrogen-bond acceptors (Lipinski definition) is 3. The number of rotatable bonds is 5. The van der Waals surface area contributed by atoms with E-state index in [-0.39, 0.29) is 24.1 Å². The molecule has 1 aromatic carbocycles. The van der Waals surface area contributed by atoms with E-state index in [9.17, 15) is 18.0 Å². The van der Waals surface area contributed by atoms with Crippen LogP contribution >= 0.6 is 12.4 Å². The number of alkyl halides is 3. The van der Waals surface area contributed by atoms with Crippen molar-refractivity contribution in [2.45, 2.75) is 25.6 Å². The zero-order chi connectivity index (χ0) is 16.2. The lowest BCUT2D eigenvalue weighted by Gasteiger charge is -2.30. The van der Waals surface area contributed by atoms with Gasteiger partial charge in [-0.15, -0.1) is 12.4 Å². The quantitative estimate of drug-likeness (QED) is 0.882. The molecule has 0 amide bonds. The van der Waals surface area contributed by atoms with Gasteiger partial charge in [0, 0.05) is 12.1 Å². The Balaban J connectivity index is 0.00000264. The number of carboxylic acids is 1. The molecule has 1 N–H and O–H groups in total. The summed E-state index contributed by atoms with van der Waals surface area (Å²) in [6.07, 6.45) is -3.26. The number of ether oxygens (including phenoxy) is 1. The van der Waals surface area contributed by atoms with Crippen molar-refractivity contribution in [3.63, 3.8) is 0 Å². The Hall–Kier alpha value is -1.47. The van der Waals surface area contributed by atoms with Gasteiger partial charge in [-0.25, -0.2) is 0 Å². The van der Waals surface area contributed by atoms with E-state index in [1.165, 1.54) is 6.07 Å². The average molecular weight is 354 g/mol. The zero-order valence-electron chi connectivity index (χ0n) is 12.4. The van der Waals surface area contributed by atoms with Crippen molar-refractivity contribution < 1.29 is 27.8 Å². The molecule has 1 heterocycles. The van der Waals surface area contributed by atoms with Crippen molar-refractivity contribution in [3.8, 4) is 5.75 Å². The highest BCUT2D eigenvalue weighted by molar-refractivity contribution is 5.85. The van der Waals surface area contributed by atoms with Gasteiger partial charge in [0.2, 0.25) is 0 Å². The lowest BCUT2D eigenvalue weighted by atomic mass is 9.97. The molecule has 0 unspecified atom stereocenters. The highest BCUT2D eigenvalue weighted by atomic mass is 35.5. The molecule has 0 bridgehead atoms. The third-order valence-corrected chi connectivity index (χ3v) is 3.69. The number of benzene rings is 1. The van der Waals surface area contributed by atoms with E-state index in [1.54, 1.807) is 18.2 Å². The zero-order valence-corrected chi connectivity index (χ0v) is 13.2. The summed E-state index contributed by atoms with van der Waals surface area (Å²) in [6, 6.07) is 6.63. The first-order valence-corrected chi connectivity index (χ1v) is 7.08. The molecule has 1 fully saturated rings. The lowest BCUT2D eigenvalue weighted by Crippen LogP contribution is -2.36. The van der Waals surface area contributed by atoms with Gasteiger partial charge >= 0.3 is 12.1 Å². The molecule has 23 heavy (non-hydrogen) atoms. The van der Waals surface area contributed by atoms with Crippen LogP contribution in [0.2, 0.25) is 0 Å². The molecule has 0 atom stereocenters. The second-order valence-corrected chi connectivity index (χ2v) is 5.40. The molecule has 8 heteroatoms. The summed E-state index contributed by atoms with van der Waals surface area (Å²) in [5, 5.41) is 8.96. The van der Waals surface area contributed by atoms with Crippen molar-refractivity contribution >= 4 is 18.4 Å². The summed E-state index contributed by atoms with van der Waals surface area (Å²) >= 11 is 0. The minimum absolute atomic E-state index is 0. The molecule has 0 spiro atoms. The molecular formula is C15H19ClF3NO3. The monoisotopic (exact) mass is 353 g/mol. The van der Waals surface area contributed by atoms with Crippen LogP contribution in [0, 0.1) is 5.92 Å². The summed E-state index contributed by atoms with van der Waals surface area (Å²) < 4.78 is 41.6. The van der Waals surface area contributed by atoms with E-state index >= 15 is 0 Å². The minimum atomic E-state index is -4.37. The molecule has 1 saturated heterocycles. The maximum absolute atomic E-state index is 12.3. The summed E-state index contributed by atoms with van der Waals surface area (Å²) in [4.78, 5) is 12.9. The van der Waals surface area contributed by atoms with Gasteiger partial charge < -0.3 is 9.84 Å². The fourth-order valence-corrected chi connectivity index (χ4v) is 2.51. The number of aliphatic carboxylic acids is 1. The van der Waals surface area contributed by atoms with Crippen LogP contribution in [0.15, 0.2) is 24.3 Å². The first-order chi connectivity index (χ1) is 10.3. The predicted molar refractivity (Wildman–Crippen MR) is 80.9 cm³/mol. The Morgan fingerprint density at radius 3 is 2.43 bits per heavy atom. The van der Waals surface area contributed by atoms with E-state index in [1.807, 2.05) is 4.90 Å². The van der Waals surface area contributed by atoms with Gasteiger partial charge in [-0.3, -0.25) is 9.69 Å². The standard InChI is InChI=1S/C15H18F3NO3.ClH/c16-15(17,18)10-22-13-4-2-1-3-12(13)9-19-7-5-11(6-8-19)14(20)21;/h1-4,11H,5-10H2,(H,20,21);1H. The van der Waals surface area contributed by atoms with Gasteiger partial charge in [-0.05, 0) is 32.0 Å². The molecule has 2 rings (SSSR count). The third kappa shape index (κ3) is 6.27. The number of piperidine rings is 1. The Labute approximate surface area is 138 Å². The van der Waals surface area contributed by atoms with Crippen LogP contribution < -0.4 is 4.74 Å². The predicted octanol–water partition coefficient (Wildman–Crippen LogP) is 3.35. The van der Waals surface area contributed by atoms with Gasteiger partial charge in [0.05, 0.1) is 5.92 Å². The van der Waals surface area contributed by atoms with Crippen molar-refractivity contribution in [1.29, 1.82) is 0 Å². The highest BCUT2D eigenvalue weighted by Gasteiger charge is 2.29. The Morgan fingerprint density at radius 1 is 1.26 bits per heavy atom. The molecule has 130 valence electrons. The number of likely N-dealkylation sites (tertiary alicyclic amines) is 1. The van der Waals surface area contributed by atoms with Crippen molar-refractivity contribution in [1.82, 2.24) is 4.90 Å². The molecule has 0 saturated carbocycles. The summed E-state index contributed by atoms with van der Waals surface area (Å²) in [5.74, 6) is -0.887. The fraction of sp³-hybridized carbons (Fsp3) is 0.533. The summed E-state index contributed by atoms with van der Waals surface area (Å²) in [5.41, 5.74) is 0.681. The van der Waals surface area contributed by atoms with E-state index in [2.05, 4.69) is 0 Å². The van der Waals surface area contributed by atoms with Crippen LogP contribution in [0.5, 0.6) is 5.75 Å². The summed E-state index contributed by atoms with van der Waals surface area (Å²) in [7, 11) is 0. The smallest absolute Gasteiger partial charge is 0.422 e. The molecule has 0 radical (unpaired) electrons. The van der Waals surface area contributed by atoms with Crippen molar-refractivity contribution in [2.75, 3.05) is 19.7 Å². The normalized spacial score (nSPS) is 16.7. The molecule has 1 aliphatic heterocycles. The fourth-order valence-electron chi connectivity index (χ4n) is 2.51. The number of carboxylic acid groups (broad SMARTS) is 1. The number of para-hydroxylation sites is 1.